The summed E-state index contributed by atoms with van der Waals surface area (Å²) < 4.78 is 0. The van der Waals surface area contributed by atoms with Crippen LogP contribution < -0.4 is 0 Å². The lowest BCUT2D eigenvalue weighted by Gasteiger charge is -2.02. The Hall–Kier alpha value is -2.00. The van der Waals surface area contributed by atoms with Gasteiger partial charge in [0, 0.05) is 27.1 Å². The number of hydrogen-bond donors (Lipinski definition) is 1. The van der Waals surface area contributed by atoms with Gasteiger partial charge in [-0.2, -0.15) is 0 Å². The summed E-state index contributed by atoms with van der Waals surface area (Å²) >= 11 is 1.58. The molecule has 0 saturated heterocycles. The molecule has 3 heteroatoms. The van der Waals surface area contributed by atoms with Crippen LogP contribution in [0.25, 0.3) is 10.9 Å². The van der Waals surface area contributed by atoms with Gasteiger partial charge in [0.1, 0.15) is 0 Å². The lowest BCUT2D eigenvalue weighted by Crippen LogP contribution is -2.03. The number of aryl methyl sites for hydroxylation is 2. The van der Waals surface area contributed by atoms with Gasteiger partial charge in [0.05, 0.1) is 5.75 Å². The third-order valence-electron chi connectivity index (χ3n) is 3.53. The first-order valence-corrected chi connectivity index (χ1v) is 7.93. The van der Waals surface area contributed by atoms with E-state index in [2.05, 4.69) is 24.0 Å². The van der Waals surface area contributed by atoms with Crippen molar-refractivity contribution >= 4 is 28.4 Å². The maximum atomic E-state index is 12.6. The van der Waals surface area contributed by atoms with Crippen molar-refractivity contribution in [2.24, 2.45) is 0 Å². The second kappa shape index (κ2) is 5.78. The van der Waals surface area contributed by atoms with E-state index in [1.54, 1.807) is 11.8 Å². The van der Waals surface area contributed by atoms with E-state index in [0.717, 1.165) is 27.1 Å². The van der Waals surface area contributed by atoms with E-state index in [-0.39, 0.29) is 5.78 Å². The molecule has 0 amide bonds. The number of nitrogens with one attached hydrogen (secondary N) is 1. The molecule has 0 aliphatic heterocycles. The third-order valence-corrected chi connectivity index (χ3v) is 4.55. The van der Waals surface area contributed by atoms with Crippen LogP contribution in [0, 0.1) is 13.8 Å². The quantitative estimate of drug-likeness (QED) is 0.556. The van der Waals surface area contributed by atoms with Gasteiger partial charge >= 0.3 is 0 Å². The maximum absolute atomic E-state index is 12.6. The smallest absolute Gasteiger partial charge is 0.175 e. The first-order valence-electron chi connectivity index (χ1n) is 6.95. The fraction of sp³-hybridized carbons (Fsp3) is 0.167. The molecule has 106 valence electrons. The monoisotopic (exact) mass is 295 g/mol. The highest BCUT2D eigenvalue weighted by Crippen LogP contribution is 2.26. The SMILES string of the molecule is Cc1ccc2[nH]c(C)c(C(=O)CSc3ccccc3)c2c1. The van der Waals surface area contributed by atoms with E-state index in [0.29, 0.717) is 5.75 Å². The average Bonchev–Trinajstić information content (AvgIpc) is 2.81. The van der Waals surface area contributed by atoms with Gasteiger partial charge in [-0.25, -0.2) is 0 Å². The molecule has 0 bridgehead atoms. The molecule has 0 atom stereocenters. The Morgan fingerprint density at radius 1 is 1.10 bits per heavy atom. The number of carbonyl (C=O) groups is 1. The number of H-pyrrole nitrogens is 1. The molecule has 0 saturated carbocycles. The Morgan fingerprint density at radius 3 is 2.62 bits per heavy atom. The summed E-state index contributed by atoms with van der Waals surface area (Å²) in [6.45, 7) is 4.02. The number of benzene rings is 2. The van der Waals surface area contributed by atoms with Crippen LogP contribution >= 0.6 is 11.8 Å². The molecule has 0 unspecified atom stereocenters. The number of thioether (sulfide) groups is 1. The molecule has 0 aliphatic carbocycles. The minimum absolute atomic E-state index is 0.179. The van der Waals surface area contributed by atoms with E-state index in [9.17, 15) is 4.79 Å². The van der Waals surface area contributed by atoms with Crippen LogP contribution in [-0.2, 0) is 0 Å². The van der Waals surface area contributed by atoms with Crippen molar-refractivity contribution in [3.05, 3.63) is 65.4 Å². The van der Waals surface area contributed by atoms with Crippen LogP contribution in [0.4, 0.5) is 0 Å². The van der Waals surface area contributed by atoms with Crippen LogP contribution in [-0.4, -0.2) is 16.5 Å². The minimum Gasteiger partial charge on any atom is -0.358 e. The summed E-state index contributed by atoms with van der Waals surface area (Å²) in [4.78, 5) is 17.0. The number of Topliss-reactive ketones (excluding diaryl/α,β-unsaturated/α-hetero) is 1. The van der Waals surface area contributed by atoms with Crippen molar-refractivity contribution in [1.29, 1.82) is 0 Å². The van der Waals surface area contributed by atoms with Crippen molar-refractivity contribution in [3.8, 4) is 0 Å². The number of fused-ring (bicyclic) bond motifs is 1. The van der Waals surface area contributed by atoms with Crippen LogP contribution in [0.15, 0.2) is 53.4 Å². The standard InChI is InChI=1S/C18H17NOS/c1-12-8-9-16-15(10-12)18(13(2)19-16)17(20)11-21-14-6-4-3-5-7-14/h3-10,19H,11H2,1-2H3. The molecule has 2 aromatic carbocycles. The van der Waals surface area contributed by atoms with Crippen LogP contribution in [0.1, 0.15) is 21.6 Å². The van der Waals surface area contributed by atoms with E-state index < -0.39 is 0 Å². The highest BCUT2D eigenvalue weighted by Gasteiger charge is 2.16. The molecule has 1 N–H and O–H groups in total. The Bertz CT molecular complexity index is 790. The first-order chi connectivity index (χ1) is 10.1. The molecule has 0 fully saturated rings. The number of carbonyl (C=O) groups excluding carboxylic acids is 1. The maximum Gasteiger partial charge on any atom is 0.175 e. The largest absolute Gasteiger partial charge is 0.358 e. The summed E-state index contributed by atoms with van der Waals surface area (Å²) in [7, 11) is 0. The number of rotatable bonds is 4. The predicted octanol–water partition coefficient (Wildman–Crippen LogP) is 4.76. The molecular formula is C18H17NOS. The normalized spacial score (nSPS) is 11.0. The zero-order valence-electron chi connectivity index (χ0n) is 12.1. The Labute approximate surface area is 128 Å². The molecule has 2 nitrogen and oxygen atoms in total. The fourth-order valence-electron chi connectivity index (χ4n) is 2.54. The van der Waals surface area contributed by atoms with E-state index in [4.69, 9.17) is 0 Å². The third kappa shape index (κ3) is 2.88. The minimum atomic E-state index is 0.179. The second-order valence-electron chi connectivity index (χ2n) is 5.20. The summed E-state index contributed by atoms with van der Waals surface area (Å²) in [6, 6.07) is 16.2. The van der Waals surface area contributed by atoms with Crippen molar-refractivity contribution in [1.82, 2.24) is 4.98 Å². The van der Waals surface area contributed by atoms with E-state index in [1.807, 2.05) is 43.3 Å². The zero-order chi connectivity index (χ0) is 14.8. The molecule has 0 aliphatic rings. The highest BCUT2D eigenvalue weighted by molar-refractivity contribution is 8.00. The number of hydrogen-bond acceptors (Lipinski definition) is 2. The average molecular weight is 295 g/mol. The molecule has 0 radical (unpaired) electrons. The highest BCUT2D eigenvalue weighted by atomic mass is 32.2. The number of aromatic amines is 1. The fourth-order valence-corrected chi connectivity index (χ4v) is 3.33. The van der Waals surface area contributed by atoms with Gasteiger partial charge in [-0.05, 0) is 38.1 Å². The van der Waals surface area contributed by atoms with Crippen molar-refractivity contribution in [3.63, 3.8) is 0 Å². The molecule has 21 heavy (non-hydrogen) atoms. The van der Waals surface area contributed by atoms with Crippen molar-refractivity contribution in [2.75, 3.05) is 5.75 Å². The van der Waals surface area contributed by atoms with Gasteiger partial charge in [0.15, 0.2) is 5.78 Å². The van der Waals surface area contributed by atoms with Crippen LogP contribution in [0.2, 0.25) is 0 Å². The van der Waals surface area contributed by atoms with E-state index >= 15 is 0 Å². The summed E-state index contributed by atoms with van der Waals surface area (Å²) in [5, 5.41) is 1.03. The Kier molecular flexibility index (Phi) is 3.84. The van der Waals surface area contributed by atoms with Gasteiger partial charge in [0.2, 0.25) is 0 Å². The lowest BCUT2D eigenvalue weighted by molar-refractivity contribution is 0.102. The van der Waals surface area contributed by atoms with Crippen LogP contribution in [0.5, 0.6) is 0 Å². The number of aromatic nitrogens is 1. The molecule has 3 rings (SSSR count). The molecule has 1 heterocycles. The Morgan fingerprint density at radius 2 is 1.86 bits per heavy atom. The lowest BCUT2D eigenvalue weighted by atomic mass is 10.1. The summed E-state index contributed by atoms with van der Waals surface area (Å²) in [5.41, 5.74) is 3.99. The summed E-state index contributed by atoms with van der Waals surface area (Å²) in [6.07, 6.45) is 0. The second-order valence-corrected chi connectivity index (χ2v) is 6.25. The van der Waals surface area contributed by atoms with Gasteiger partial charge < -0.3 is 4.98 Å². The van der Waals surface area contributed by atoms with Crippen molar-refractivity contribution < 1.29 is 4.79 Å². The van der Waals surface area contributed by atoms with Crippen molar-refractivity contribution in [2.45, 2.75) is 18.7 Å². The van der Waals surface area contributed by atoms with Crippen LogP contribution in [0.3, 0.4) is 0 Å². The van der Waals surface area contributed by atoms with E-state index in [1.165, 1.54) is 5.56 Å². The van der Waals surface area contributed by atoms with Gasteiger partial charge in [0.25, 0.3) is 0 Å². The van der Waals surface area contributed by atoms with Gasteiger partial charge in [-0.1, -0.05) is 29.8 Å². The Balaban J connectivity index is 1.87. The molecular weight excluding hydrogens is 278 g/mol. The molecule has 0 spiro atoms. The van der Waals surface area contributed by atoms with Gasteiger partial charge in [-0.3, -0.25) is 4.79 Å². The topological polar surface area (TPSA) is 32.9 Å². The first kappa shape index (κ1) is 14.0. The number of ketones is 1. The predicted molar refractivity (Wildman–Crippen MR) is 89.3 cm³/mol. The van der Waals surface area contributed by atoms with Gasteiger partial charge in [-0.15, -0.1) is 11.8 Å². The molecule has 1 aromatic heterocycles. The molecule has 3 aromatic rings. The summed E-state index contributed by atoms with van der Waals surface area (Å²) in [5.74, 6) is 0.643. The zero-order valence-corrected chi connectivity index (χ0v) is 13.0.